The Morgan fingerprint density at radius 2 is 1.50 bits per heavy atom. The molecular weight excluding hydrogens is 447 g/mol. The molecule has 0 aromatic heterocycles. The van der Waals surface area contributed by atoms with Gasteiger partial charge in [0.05, 0.1) is 0 Å². The molecule has 1 aromatic carbocycles. The van der Waals surface area contributed by atoms with Crippen LogP contribution in [0.1, 0.15) is 45.1 Å². The molecule has 0 fully saturated rings. The van der Waals surface area contributed by atoms with Crippen LogP contribution >= 0.6 is 0 Å². The second-order valence-corrected chi connectivity index (χ2v) is 13.3. The third-order valence-electron chi connectivity index (χ3n) is 2.57. The zero-order chi connectivity index (χ0) is 13.1. The molecule has 0 N–H and O–H groups in total. The molecule has 0 aliphatic carbocycles. The Hall–Kier alpha value is 0.539. The zero-order valence-corrected chi connectivity index (χ0v) is 16.2. The van der Waals surface area contributed by atoms with Gasteiger partial charge in [-0.05, 0) is 0 Å². The van der Waals surface area contributed by atoms with Gasteiger partial charge in [-0.25, -0.2) is 0 Å². The molecule has 0 aliphatic heterocycles. The first kappa shape index (κ1) is 16.6. The predicted octanol–water partition coefficient (Wildman–Crippen LogP) is 4.83. The molecule has 1 rings (SSSR count). The van der Waals surface area contributed by atoms with Crippen molar-refractivity contribution in [2.75, 3.05) is 0 Å². The fraction of sp³-hybridized carbons (Fsp3) is 0.500. The van der Waals surface area contributed by atoms with Crippen molar-refractivity contribution in [3.8, 4) is 0 Å². The fourth-order valence-electron chi connectivity index (χ4n) is 1.44. The molecule has 100 valence electrons. The van der Waals surface area contributed by atoms with E-state index in [4.69, 9.17) is 0 Å². The Balaban J connectivity index is 2.54. The predicted molar refractivity (Wildman–Crippen MR) is 85.4 cm³/mol. The van der Waals surface area contributed by atoms with Crippen molar-refractivity contribution >= 4 is 47.9 Å². The molecule has 0 aliphatic rings. The summed E-state index contributed by atoms with van der Waals surface area (Å²) in [5.74, 6) is 0. The van der Waals surface area contributed by atoms with E-state index in [-0.39, 0.29) is 41.8 Å². The van der Waals surface area contributed by atoms with E-state index in [1.54, 1.807) is 0 Å². The third-order valence-corrected chi connectivity index (χ3v) is 12.2. The van der Waals surface area contributed by atoms with Crippen LogP contribution in [-0.4, -0.2) is 41.8 Å². The van der Waals surface area contributed by atoms with Crippen LogP contribution < -0.4 is 0 Å². The van der Waals surface area contributed by atoms with Crippen LogP contribution in [0.2, 0.25) is 8.94 Å². The van der Waals surface area contributed by atoms with E-state index in [0.717, 1.165) is 0 Å². The number of rotatable bonds is 9. The van der Waals surface area contributed by atoms with Crippen molar-refractivity contribution in [2.24, 2.45) is 0 Å². The Morgan fingerprint density at radius 1 is 0.944 bits per heavy atom. The van der Waals surface area contributed by atoms with E-state index in [9.17, 15) is 0 Å². The Labute approximate surface area is 133 Å². The summed E-state index contributed by atoms with van der Waals surface area (Å²) in [7, 11) is 0. The topological polar surface area (TPSA) is 0 Å². The van der Waals surface area contributed by atoms with E-state index < -0.39 is 0 Å². The Bertz CT molecular complexity index is 318. The van der Waals surface area contributed by atoms with Crippen molar-refractivity contribution in [3.63, 3.8) is 0 Å². The minimum atomic E-state index is 0.143. The molecule has 18 heavy (non-hydrogen) atoms. The zero-order valence-electron chi connectivity index (χ0n) is 11.5. The monoisotopic (exact) mass is 476 g/mol. The molecular formula is C16H24Te2. The number of benzene rings is 1. The van der Waals surface area contributed by atoms with Crippen molar-refractivity contribution < 1.29 is 0 Å². The summed E-state index contributed by atoms with van der Waals surface area (Å²) in [5, 5.41) is 0. The Kier molecular flexibility index (Phi) is 10.5. The molecule has 0 atom stereocenters. The van der Waals surface area contributed by atoms with E-state index in [2.05, 4.69) is 50.3 Å². The van der Waals surface area contributed by atoms with E-state index in [0.29, 0.717) is 0 Å². The normalized spacial score (nSPS) is 10.3. The van der Waals surface area contributed by atoms with E-state index in [1.165, 1.54) is 40.2 Å². The van der Waals surface area contributed by atoms with Crippen molar-refractivity contribution in [2.45, 2.75) is 48.5 Å². The van der Waals surface area contributed by atoms with Crippen LogP contribution in [0.4, 0.5) is 0 Å². The first-order chi connectivity index (χ1) is 8.86. The van der Waals surface area contributed by atoms with Gasteiger partial charge in [-0.2, -0.15) is 0 Å². The molecule has 0 radical (unpaired) electrons. The van der Waals surface area contributed by atoms with Gasteiger partial charge in [-0.15, -0.1) is 0 Å². The minimum absolute atomic E-state index is 0.143. The SMILES string of the molecule is CCCC[Te]C(=Cc1ccccc1)[Te]CCCC. The molecule has 0 unspecified atom stereocenters. The summed E-state index contributed by atoms with van der Waals surface area (Å²) in [6, 6.07) is 10.9. The molecule has 2 heteroatoms. The van der Waals surface area contributed by atoms with Crippen LogP contribution in [0.5, 0.6) is 0 Å². The van der Waals surface area contributed by atoms with Gasteiger partial charge < -0.3 is 0 Å². The van der Waals surface area contributed by atoms with Crippen LogP contribution in [0.15, 0.2) is 32.0 Å². The molecule has 0 nitrogen and oxygen atoms in total. The number of unbranched alkanes of at least 4 members (excludes halogenated alkanes) is 2. The van der Waals surface area contributed by atoms with Crippen molar-refractivity contribution in [1.29, 1.82) is 0 Å². The van der Waals surface area contributed by atoms with Gasteiger partial charge in [-0.3, -0.25) is 0 Å². The van der Waals surface area contributed by atoms with Gasteiger partial charge in [0.2, 0.25) is 0 Å². The van der Waals surface area contributed by atoms with Gasteiger partial charge in [0, 0.05) is 0 Å². The van der Waals surface area contributed by atoms with E-state index >= 15 is 0 Å². The first-order valence-corrected chi connectivity index (χ1v) is 12.5. The average molecular weight is 472 g/mol. The van der Waals surface area contributed by atoms with Crippen LogP contribution in [0, 0.1) is 0 Å². The summed E-state index contributed by atoms with van der Waals surface area (Å²) < 4.78 is 4.92. The van der Waals surface area contributed by atoms with Gasteiger partial charge in [0.15, 0.2) is 0 Å². The average Bonchev–Trinajstić information content (AvgIpc) is 2.40. The summed E-state index contributed by atoms with van der Waals surface area (Å²) in [5.41, 5.74) is 1.43. The van der Waals surface area contributed by atoms with Gasteiger partial charge in [0.25, 0.3) is 0 Å². The number of hydrogen-bond acceptors (Lipinski definition) is 0. The summed E-state index contributed by atoms with van der Waals surface area (Å²) in [6.45, 7) is 4.61. The van der Waals surface area contributed by atoms with Crippen LogP contribution in [-0.2, 0) is 0 Å². The first-order valence-electron chi connectivity index (χ1n) is 6.89. The molecule has 0 bridgehead atoms. The third kappa shape index (κ3) is 7.86. The maximum absolute atomic E-state index is 2.52. The molecule has 0 saturated carbocycles. The van der Waals surface area contributed by atoms with Crippen molar-refractivity contribution in [3.05, 3.63) is 37.6 Å². The number of hydrogen-bond donors (Lipinski definition) is 0. The molecule has 0 heterocycles. The standard InChI is InChI=1S/C16H24Te2/c1-3-5-12-17-16(18-13-6-4-2)14-15-10-8-7-9-11-15/h7-11,14H,3-6,12-13H2,1-2H3. The summed E-state index contributed by atoms with van der Waals surface area (Å²) >= 11 is 0.287. The quantitative estimate of drug-likeness (QED) is 0.358. The second-order valence-electron chi connectivity index (χ2n) is 4.28. The summed E-state index contributed by atoms with van der Waals surface area (Å²) in [4.78, 5) is 0. The molecule has 0 saturated heterocycles. The molecule has 0 amide bonds. The van der Waals surface area contributed by atoms with Crippen LogP contribution in [0.25, 0.3) is 6.08 Å². The van der Waals surface area contributed by atoms with Crippen LogP contribution in [0.3, 0.4) is 0 Å². The molecule has 0 spiro atoms. The van der Waals surface area contributed by atoms with Crippen molar-refractivity contribution in [1.82, 2.24) is 0 Å². The van der Waals surface area contributed by atoms with Gasteiger partial charge >= 0.3 is 134 Å². The fourth-order valence-corrected chi connectivity index (χ4v) is 11.3. The second kappa shape index (κ2) is 11.4. The van der Waals surface area contributed by atoms with Gasteiger partial charge in [-0.1, -0.05) is 0 Å². The summed E-state index contributed by atoms with van der Waals surface area (Å²) in [6.07, 6.45) is 8.12. The van der Waals surface area contributed by atoms with E-state index in [1.807, 2.05) is 1.67 Å². The maximum atomic E-state index is 2.52. The molecule has 1 aromatic rings. The van der Waals surface area contributed by atoms with Gasteiger partial charge in [0.1, 0.15) is 0 Å². The Morgan fingerprint density at radius 3 is 2.00 bits per heavy atom.